The van der Waals surface area contributed by atoms with E-state index in [0.717, 1.165) is 61.3 Å². The Morgan fingerprint density at radius 3 is 2.50 bits per heavy atom. The molecule has 142 valence electrons. The molecule has 1 aliphatic heterocycles. The largest absolute Gasteiger partial charge is 0.461 e. The van der Waals surface area contributed by atoms with Gasteiger partial charge in [-0.25, -0.2) is 0 Å². The molecule has 0 radical (unpaired) electrons. The highest BCUT2D eigenvalue weighted by atomic mass is 16.3. The number of benzene rings is 2. The minimum absolute atomic E-state index is 0.116. The van der Waals surface area contributed by atoms with Crippen LogP contribution in [0.2, 0.25) is 0 Å². The van der Waals surface area contributed by atoms with Gasteiger partial charge in [-0.05, 0) is 55.4 Å². The molecule has 1 fully saturated rings. The number of nitriles is 1. The third-order valence-corrected chi connectivity index (χ3v) is 5.35. The van der Waals surface area contributed by atoms with E-state index in [1.165, 1.54) is 5.56 Å². The molecular formula is C23H23N3O2. The summed E-state index contributed by atoms with van der Waals surface area (Å²) in [5.74, 6) is 1.02. The molecule has 4 rings (SSSR count). The van der Waals surface area contributed by atoms with Crippen LogP contribution < -0.4 is 0 Å². The summed E-state index contributed by atoms with van der Waals surface area (Å²) < 4.78 is 5.87. The molecule has 0 aliphatic carbocycles. The average Bonchev–Trinajstić information content (AvgIpc) is 3.14. The second-order valence-corrected chi connectivity index (χ2v) is 7.37. The Morgan fingerprint density at radius 2 is 1.79 bits per heavy atom. The molecule has 0 bridgehead atoms. The van der Waals surface area contributed by atoms with Crippen LogP contribution in [0.5, 0.6) is 0 Å². The third-order valence-electron chi connectivity index (χ3n) is 5.35. The number of amides is 1. The first-order chi connectivity index (χ1) is 13.6. The van der Waals surface area contributed by atoms with E-state index in [1.54, 1.807) is 6.07 Å². The maximum Gasteiger partial charge on any atom is 0.253 e. The maximum absolute atomic E-state index is 12.6. The first-order valence-electron chi connectivity index (χ1n) is 9.62. The topological polar surface area (TPSA) is 60.5 Å². The van der Waals surface area contributed by atoms with E-state index in [-0.39, 0.29) is 5.91 Å². The minimum Gasteiger partial charge on any atom is -0.461 e. The summed E-state index contributed by atoms with van der Waals surface area (Å²) in [6, 6.07) is 17.5. The van der Waals surface area contributed by atoms with E-state index >= 15 is 0 Å². The van der Waals surface area contributed by atoms with E-state index in [9.17, 15) is 4.79 Å². The van der Waals surface area contributed by atoms with Crippen molar-refractivity contribution < 1.29 is 9.21 Å². The molecule has 0 N–H and O–H groups in total. The second kappa shape index (κ2) is 7.87. The number of carbonyl (C=O) groups excluding carboxylic acids is 1. The maximum atomic E-state index is 12.6. The number of hydrogen-bond donors (Lipinski definition) is 0. The molecule has 28 heavy (non-hydrogen) atoms. The van der Waals surface area contributed by atoms with Gasteiger partial charge in [0.25, 0.3) is 5.91 Å². The van der Waals surface area contributed by atoms with Crippen LogP contribution in [0.1, 0.15) is 27.2 Å². The van der Waals surface area contributed by atoms with Crippen LogP contribution in [0.15, 0.2) is 52.9 Å². The van der Waals surface area contributed by atoms with Gasteiger partial charge in [-0.3, -0.25) is 4.79 Å². The molecular weight excluding hydrogens is 350 g/mol. The van der Waals surface area contributed by atoms with Gasteiger partial charge < -0.3 is 14.2 Å². The predicted molar refractivity (Wildman–Crippen MR) is 108 cm³/mol. The summed E-state index contributed by atoms with van der Waals surface area (Å²) in [5, 5.41) is 9.96. The number of furan rings is 1. The van der Waals surface area contributed by atoms with Gasteiger partial charge in [0.15, 0.2) is 0 Å². The van der Waals surface area contributed by atoms with Crippen LogP contribution in [0.4, 0.5) is 0 Å². The van der Waals surface area contributed by atoms with Gasteiger partial charge in [0.05, 0.1) is 11.6 Å². The summed E-state index contributed by atoms with van der Waals surface area (Å²) in [7, 11) is 2.08. The molecule has 1 amide bonds. The monoisotopic (exact) mass is 373 g/mol. The molecule has 5 heteroatoms. The highest BCUT2D eigenvalue weighted by Gasteiger charge is 2.20. The fourth-order valence-corrected chi connectivity index (χ4v) is 3.56. The molecule has 0 unspecified atom stereocenters. The van der Waals surface area contributed by atoms with Gasteiger partial charge in [0.1, 0.15) is 11.3 Å². The molecule has 1 aliphatic rings. The summed E-state index contributed by atoms with van der Waals surface area (Å²) in [6.07, 6.45) is 1.62. The van der Waals surface area contributed by atoms with E-state index in [1.807, 2.05) is 47.4 Å². The zero-order valence-electron chi connectivity index (χ0n) is 16.0. The Bertz CT molecular complexity index is 1020. The number of likely N-dealkylation sites (N-methyl/N-ethyl adjacent to an activating group) is 1. The fourth-order valence-electron chi connectivity index (χ4n) is 3.56. The van der Waals surface area contributed by atoms with Crippen molar-refractivity contribution in [3.8, 4) is 6.07 Å². The van der Waals surface area contributed by atoms with E-state index in [4.69, 9.17) is 9.68 Å². The molecule has 0 atom stereocenters. The van der Waals surface area contributed by atoms with Crippen molar-refractivity contribution in [2.75, 3.05) is 33.2 Å². The normalized spacial score (nSPS) is 14.9. The lowest BCUT2D eigenvalue weighted by molar-refractivity contribution is 0.0664. The van der Waals surface area contributed by atoms with Gasteiger partial charge in [-0.15, -0.1) is 0 Å². The number of aryl methyl sites for hydroxylation is 2. The molecule has 2 heterocycles. The van der Waals surface area contributed by atoms with Crippen LogP contribution in [0.3, 0.4) is 0 Å². The Hall–Kier alpha value is -3.10. The van der Waals surface area contributed by atoms with E-state index in [0.29, 0.717) is 5.56 Å². The zero-order chi connectivity index (χ0) is 19.5. The van der Waals surface area contributed by atoms with E-state index < -0.39 is 0 Å². The summed E-state index contributed by atoms with van der Waals surface area (Å²) in [4.78, 5) is 16.8. The molecule has 2 aromatic carbocycles. The molecule has 0 spiro atoms. The fraction of sp³-hybridized carbons (Fsp3) is 0.304. The number of piperazine rings is 1. The van der Waals surface area contributed by atoms with Crippen LogP contribution in [-0.4, -0.2) is 48.9 Å². The van der Waals surface area contributed by atoms with Crippen molar-refractivity contribution in [3.63, 3.8) is 0 Å². The number of carbonyl (C=O) groups is 1. The Kier molecular flexibility index (Phi) is 5.14. The molecule has 1 aromatic heterocycles. The smallest absolute Gasteiger partial charge is 0.253 e. The lowest BCUT2D eigenvalue weighted by atomic mass is 10.1. The average molecular weight is 373 g/mol. The van der Waals surface area contributed by atoms with Crippen molar-refractivity contribution in [1.29, 1.82) is 5.26 Å². The minimum atomic E-state index is 0.116. The first-order valence-corrected chi connectivity index (χ1v) is 9.62. The van der Waals surface area contributed by atoms with Crippen molar-refractivity contribution in [3.05, 3.63) is 71.0 Å². The summed E-state index contributed by atoms with van der Waals surface area (Å²) in [5.41, 5.74) is 3.37. The van der Waals surface area contributed by atoms with Crippen molar-refractivity contribution in [1.82, 2.24) is 9.80 Å². The van der Waals surface area contributed by atoms with Crippen molar-refractivity contribution >= 4 is 16.9 Å². The molecule has 5 nitrogen and oxygen atoms in total. The number of rotatable bonds is 4. The van der Waals surface area contributed by atoms with Gasteiger partial charge in [0, 0.05) is 43.5 Å². The standard InChI is InChI=1S/C23H23N3O2/c1-25-10-12-26(13-11-25)23(27)19-6-2-17(3-7-19)4-8-21-15-20-14-18(16-24)5-9-22(20)28-21/h2-3,5-7,9,14-15H,4,8,10-13H2,1H3. The highest BCUT2D eigenvalue weighted by Crippen LogP contribution is 2.22. The Labute approximate surface area is 164 Å². The van der Waals surface area contributed by atoms with Crippen LogP contribution in [0.25, 0.3) is 11.0 Å². The third kappa shape index (κ3) is 3.92. The van der Waals surface area contributed by atoms with Crippen molar-refractivity contribution in [2.24, 2.45) is 0 Å². The lowest BCUT2D eigenvalue weighted by Crippen LogP contribution is -2.47. The van der Waals surface area contributed by atoms with Crippen LogP contribution >= 0.6 is 0 Å². The number of hydrogen-bond acceptors (Lipinski definition) is 4. The van der Waals surface area contributed by atoms with Crippen LogP contribution in [-0.2, 0) is 12.8 Å². The number of nitrogens with zero attached hydrogens (tertiary/aromatic N) is 3. The van der Waals surface area contributed by atoms with E-state index in [2.05, 4.69) is 18.0 Å². The molecule has 1 saturated heterocycles. The van der Waals surface area contributed by atoms with Crippen molar-refractivity contribution in [2.45, 2.75) is 12.8 Å². The quantitative estimate of drug-likeness (QED) is 0.702. The number of fused-ring (bicyclic) bond motifs is 1. The SMILES string of the molecule is CN1CCN(C(=O)c2ccc(CCc3cc4cc(C#N)ccc4o3)cc2)CC1. The van der Waals surface area contributed by atoms with Crippen LogP contribution in [0, 0.1) is 11.3 Å². The summed E-state index contributed by atoms with van der Waals surface area (Å²) in [6.45, 7) is 3.43. The zero-order valence-corrected chi connectivity index (χ0v) is 16.0. The highest BCUT2D eigenvalue weighted by molar-refractivity contribution is 5.94. The Morgan fingerprint density at radius 1 is 1.04 bits per heavy atom. The first kappa shape index (κ1) is 18.3. The molecule has 0 saturated carbocycles. The van der Waals surface area contributed by atoms with Gasteiger partial charge in [-0.1, -0.05) is 12.1 Å². The summed E-state index contributed by atoms with van der Waals surface area (Å²) >= 11 is 0. The van der Waals surface area contributed by atoms with Gasteiger partial charge in [0.2, 0.25) is 0 Å². The second-order valence-electron chi connectivity index (χ2n) is 7.37. The lowest BCUT2D eigenvalue weighted by Gasteiger charge is -2.32. The Balaban J connectivity index is 1.38. The molecule has 3 aromatic rings. The van der Waals surface area contributed by atoms with Gasteiger partial charge in [-0.2, -0.15) is 5.26 Å². The predicted octanol–water partition coefficient (Wildman–Crippen LogP) is 3.48. The van der Waals surface area contributed by atoms with Gasteiger partial charge >= 0.3 is 0 Å².